The van der Waals surface area contributed by atoms with Crippen molar-refractivity contribution in [2.24, 2.45) is 18.9 Å². The van der Waals surface area contributed by atoms with Crippen LogP contribution in [0.3, 0.4) is 0 Å². The van der Waals surface area contributed by atoms with Gasteiger partial charge in [0, 0.05) is 45.8 Å². The van der Waals surface area contributed by atoms with Crippen LogP contribution in [0, 0.1) is 24.6 Å². The fourth-order valence-electron chi connectivity index (χ4n) is 4.43. The zero-order valence-corrected chi connectivity index (χ0v) is 18.4. The summed E-state index contributed by atoms with van der Waals surface area (Å²) >= 11 is 0. The van der Waals surface area contributed by atoms with E-state index < -0.39 is 11.7 Å². The summed E-state index contributed by atoms with van der Waals surface area (Å²) in [5, 5.41) is 6.94. The molecule has 32 heavy (non-hydrogen) atoms. The van der Waals surface area contributed by atoms with Gasteiger partial charge in [-0.1, -0.05) is 6.07 Å². The normalized spacial score (nSPS) is 19.5. The third kappa shape index (κ3) is 4.66. The number of piperidine rings is 1. The molecule has 170 valence electrons. The number of aromatic nitrogens is 2. The Hall–Kier alpha value is -3.23. The summed E-state index contributed by atoms with van der Waals surface area (Å²) < 4.78 is 15.9. The standard InChI is InChI=1S/C23H28FN5O3/c1-15-3-4-20(19(24)9-15)29-14-17(10-21(29)30)23(32)28-7-5-16(6-8-28)11-25-22(31)18-12-26-27(2)13-18/h3-4,9,12-13,16-17H,5-8,10-11,14H2,1-2H3,(H,25,31). The summed E-state index contributed by atoms with van der Waals surface area (Å²) in [4.78, 5) is 40.8. The third-order valence-corrected chi connectivity index (χ3v) is 6.31. The van der Waals surface area contributed by atoms with Crippen molar-refractivity contribution in [1.29, 1.82) is 0 Å². The van der Waals surface area contributed by atoms with Gasteiger partial charge in [-0.3, -0.25) is 19.1 Å². The molecule has 4 rings (SSSR count). The topological polar surface area (TPSA) is 87.5 Å². The lowest BCUT2D eigenvalue weighted by molar-refractivity contribution is -0.137. The minimum Gasteiger partial charge on any atom is -0.352 e. The largest absolute Gasteiger partial charge is 0.352 e. The Morgan fingerprint density at radius 2 is 2.00 bits per heavy atom. The molecule has 1 unspecified atom stereocenters. The molecule has 0 spiro atoms. The first kappa shape index (κ1) is 22.0. The minimum absolute atomic E-state index is 0.0498. The summed E-state index contributed by atoms with van der Waals surface area (Å²) in [7, 11) is 1.76. The molecule has 9 heteroatoms. The zero-order chi connectivity index (χ0) is 22.8. The molecule has 0 radical (unpaired) electrons. The Bertz CT molecular complexity index is 1030. The molecule has 2 saturated heterocycles. The van der Waals surface area contributed by atoms with Gasteiger partial charge in [-0.25, -0.2) is 4.39 Å². The molecule has 2 aromatic rings. The maximum absolute atomic E-state index is 14.3. The quantitative estimate of drug-likeness (QED) is 0.768. The summed E-state index contributed by atoms with van der Waals surface area (Å²) in [6.45, 7) is 3.74. The van der Waals surface area contributed by atoms with Gasteiger partial charge in [0.1, 0.15) is 5.82 Å². The van der Waals surface area contributed by atoms with Crippen LogP contribution in [0.15, 0.2) is 30.6 Å². The van der Waals surface area contributed by atoms with Crippen molar-refractivity contribution in [3.63, 3.8) is 0 Å². The first-order valence-corrected chi connectivity index (χ1v) is 10.9. The van der Waals surface area contributed by atoms with Crippen molar-refractivity contribution in [2.45, 2.75) is 26.2 Å². The molecule has 2 fully saturated rings. The van der Waals surface area contributed by atoms with Crippen LogP contribution in [0.4, 0.5) is 10.1 Å². The number of hydrogen-bond donors (Lipinski definition) is 1. The molecular weight excluding hydrogens is 413 g/mol. The summed E-state index contributed by atoms with van der Waals surface area (Å²) in [5.41, 5.74) is 1.55. The van der Waals surface area contributed by atoms with Gasteiger partial charge < -0.3 is 15.1 Å². The van der Waals surface area contributed by atoms with E-state index in [9.17, 15) is 18.8 Å². The number of benzene rings is 1. The Labute approximate surface area is 186 Å². The van der Waals surface area contributed by atoms with Gasteiger partial charge in [-0.2, -0.15) is 5.10 Å². The maximum atomic E-state index is 14.3. The molecule has 1 N–H and O–H groups in total. The predicted molar refractivity (Wildman–Crippen MR) is 116 cm³/mol. The Kier molecular flexibility index (Phi) is 6.25. The van der Waals surface area contributed by atoms with E-state index in [1.165, 1.54) is 17.2 Å². The number of amides is 3. The number of hydrogen-bond acceptors (Lipinski definition) is 4. The number of nitrogens with one attached hydrogen (secondary N) is 1. The Balaban J connectivity index is 1.27. The van der Waals surface area contributed by atoms with Crippen LogP contribution in [-0.2, 0) is 16.6 Å². The highest BCUT2D eigenvalue weighted by atomic mass is 19.1. The maximum Gasteiger partial charge on any atom is 0.254 e. The second kappa shape index (κ2) is 9.10. The third-order valence-electron chi connectivity index (χ3n) is 6.31. The van der Waals surface area contributed by atoms with E-state index in [0.29, 0.717) is 31.1 Å². The number of aryl methyl sites for hydroxylation is 2. The molecule has 2 aliphatic heterocycles. The van der Waals surface area contributed by atoms with Gasteiger partial charge >= 0.3 is 0 Å². The molecule has 3 amide bonds. The Morgan fingerprint density at radius 1 is 1.25 bits per heavy atom. The van der Waals surface area contributed by atoms with Crippen molar-refractivity contribution >= 4 is 23.4 Å². The molecule has 3 heterocycles. The van der Waals surface area contributed by atoms with Crippen LogP contribution >= 0.6 is 0 Å². The van der Waals surface area contributed by atoms with Crippen molar-refractivity contribution in [1.82, 2.24) is 20.0 Å². The van der Waals surface area contributed by atoms with E-state index in [2.05, 4.69) is 10.4 Å². The lowest BCUT2D eigenvalue weighted by atomic mass is 9.95. The van der Waals surface area contributed by atoms with Gasteiger partial charge in [0.15, 0.2) is 0 Å². The van der Waals surface area contributed by atoms with Crippen LogP contribution < -0.4 is 10.2 Å². The second-order valence-corrected chi connectivity index (χ2v) is 8.74. The highest BCUT2D eigenvalue weighted by Gasteiger charge is 2.38. The first-order chi connectivity index (χ1) is 15.3. The Morgan fingerprint density at radius 3 is 2.66 bits per heavy atom. The average molecular weight is 442 g/mol. The van der Waals surface area contributed by atoms with Gasteiger partial charge in [-0.15, -0.1) is 0 Å². The van der Waals surface area contributed by atoms with Crippen molar-refractivity contribution in [2.75, 3.05) is 31.1 Å². The predicted octanol–water partition coefficient (Wildman–Crippen LogP) is 1.89. The summed E-state index contributed by atoms with van der Waals surface area (Å²) in [5.74, 6) is -1.02. The fraction of sp³-hybridized carbons (Fsp3) is 0.478. The van der Waals surface area contributed by atoms with E-state index in [4.69, 9.17) is 0 Å². The zero-order valence-electron chi connectivity index (χ0n) is 18.4. The molecule has 1 aromatic heterocycles. The van der Waals surface area contributed by atoms with E-state index in [-0.39, 0.29) is 36.4 Å². The molecule has 1 aromatic carbocycles. The minimum atomic E-state index is -0.454. The van der Waals surface area contributed by atoms with E-state index >= 15 is 0 Å². The van der Waals surface area contributed by atoms with Gasteiger partial charge in [0.05, 0.1) is 23.4 Å². The van der Waals surface area contributed by atoms with Crippen molar-refractivity contribution < 1.29 is 18.8 Å². The number of carbonyl (C=O) groups excluding carboxylic acids is 3. The average Bonchev–Trinajstić information content (AvgIpc) is 3.38. The highest BCUT2D eigenvalue weighted by molar-refractivity contribution is 6.00. The number of rotatable bonds is 5. The summed E-state index contributed by atoms with van der Waals surface area (Å²) in [6.07, 6.45) is 4.88. The van der Waals surface area contributed by atoms with Gasteiger partial charge in [0.25, 0.3) is 5.91 Å². The lowest BCUT2D eigenvalue weighted by Gasteiger charge is -2.33. The fourth-order valence-corrected chi connectivity index (χ4v) is 4.43. The van der Waals surface area contributed by atoms with Crippen LogP contribution in [0.2, 0.25) is 0 Å². The first-order valence-electron chi connectivity index (χ1n) is 10.9. The number of carbonyl (C=O) groups is 3. The van der Waals surface area contributed by atoms with Crippen LogP contribution in [0.1, 0.15) is 35.2 Å². The van der Waals surface area contributed by atoms with E-state index in [1.807, 2.05) is 0 Å². The highest BCUT2D eigenvalue weighted by Crippen LogP contribution is 2.30. The molecule has 1 atom stereocenters. The molecule has 0 saturated carbocycles. The molecule has 2 aliphatic rings. The smallest absolute Gasteiger partial charge is 0.254 e. The van der Waals surface area contributed by atoms with Gasteiger partial charge in [-0.05, 0) is 43.4 Å². The van der Waals surface area contributed by atoms with E-state index in [0.717, 1.165) is 18.4 Å². The van der Waals surface area contributed by atoms with Gasteiger partial charge in [0.2, 0.25) is 11.8 Å². The van der Waals surface area contributed by atoms with Crippen molar-refractivity contribution in [3.05, 3.63) is 47.5 Å². The number of nitrogens with zero attached hydrogens (tertiary/aromatic N) is 4. The molecule has 0 aliphatic carbocycles. The van der Waals surface area contributed by atoms with Crippen LogP contribution in [0.5, 0.6) is 0 Å². The van der Waals surface area contributed by atoms with Crippen molar-refractivity contribution in [3.8, 4) is 0 Å². The number of anilines is 1. The van der Waals surface area contributed by atoms with Crippen LogP contribution in [0.25, 0.3) is 0 Å². The lowest BCUT2D eigenvalue weighted by Crippen LogP contribution is -2.44. The molecular formula is C23H28FN5O3. The summed E-state index contributed by atoms with van der Waals surface area (Å²) in [6, 6.07) is 4.76. The van der Waals surface area contributed by atoms with E-state index in [1.54, 1.807) is 41.9 Å². The molecule has 8 nitrogen and oxygen atoms in total. The number of likely N-dealkylation sites (tertiary alicyclic amines) is 1. The van der Waals surface area contributed by atoms with Crippen LogP contribution in [-0.4, -0.2) is 58.6 Å². The number of halogens is 1. The monoisotopic (exact) mass is 441 g/mol. The molecule has 0 bridgehead atoms. The second-order valence-electron chi connectivity index (χ2n) is 8.74. The SMILES string of the molecule is Cc1ccc(N2CC(C(=O)N3CCC(CNC(=O)c4cnn(C)c4)CC3)CC2=O)c(F)c1.